The van der Waals surface area contributed by atoms with E-state index in [1.165, 1.54) is 61.7 Å². The van der Waals surface area contributed by atoms with E-state index >= 15 is 0 Å². The quantitative estimate of drug-likeness (QED) is 0.430. The van der Waals surface area contributed by atoms with Crippen LogP contribution in [0.5, 0.6) is 5.75 Å². The Morgan fingerprint density at radius 1 is 0.879 bits per heavy atom. The number of methoxy groups -OCH3 is 1. The third-order valence-corrected chi connectivity index (χ3v) is 6.40. The van der Waals surface area contributed by atoms with Crippen LogP contribution < -0.4 is 14.8 Å². The van der Waals surface area contributed by atoms with Crippen LogP contribution in [0.3, 0.4) is 0 Å². The molecule has 2 N–H and O–H groups in total. The molecule has 0 spiro atoms. The van der Waals surface area contributed by atoms with Crippen LogP contribution in [-0.2, 0) is 19.6 Å². The van der Waals surface area contributed by atoms with Gasteiger partial charge in [0.05, 0.1) is 33.3 Å². The third-order valence-electron chi connectivity index (χ3n) is 4.27. The van der Waals surface area contributed by atoms with Crippen molar-refractivity contribution in [3.8, 4) is 5.75 Å². The second-order valence-corrected chi connectivity index (χ2v) is 9.11. The van der Waals surface area contributed by atoms with Gasteiger partial charge in [-0.3, -0.25) is 9.52 Å². The Labute approximate surface area is 200 Å². The molecule has 3 rings (SSSR count). The number of anilines is 2. The predicted octanol–water partition coefficient (Wildman–Crippen LogP) is 4.60. The van der Waals surface area contributed by atoms with Gasteiger partial charge in [-0.25, -0.2) is 13.2 Å². The number of hydrogen-bond donors (Lipinski definition) is 2. The normalized spacial score (nSPS) is 10.9. The molecule has 0 aliphatic carbocycles. The van der Waals surface area contributed by atoms with Crippen LogP contribution in [0.15, 0.2) is 71.6 Å². The summed E-state index contributed by atoms with van der Waals surface area (Å²) < 4.78 is 37.5. The highest BCUT2D eigenvalue weighted by atomic mass is 35.5. The van der Waals surface area contributed by atoms with Crippen LogP contribution in [0.25, 0.3) is 0 Å². The first-order chi connectivity index (χ1) is 15.7. The number of carbonyl (C=O) groups excluding carboxylic acids is 2. The van der Waals surface area contributed by atoms with E-state index in [0.717, 1.165) is 0 Å². The van der Waals surface area contributed by atoms with Crippen LogP contribution in [0.2, 0.25) is 10.0 Å². The minimum Gasteiger partial charge on any atom is -0.484 e. The molecular weight excluding hydrogens is 491 g/mol. The van der Waals surface area contributed by atoms with E-state index in [4.69, 9.17) is 27.9 Å². The molecule has 0 radical (unpaired) electrons. The Bertz CT molecular complexity index is 1260. The molecule has 0 bridgehead atoms. The molecule has 11 heteroatoms. The molecule has 0 aliphatic rings. The first kappa shape index (κ1) is 24.4. The summed E-state index contributed by atoms with van der Waals surface area (Å²) in [7, 11) is -2.58. The first-order valence-corrected chi connectivity index (χ1v) is 11.6. The van der Waals surface area contributed by atoms with Gasteiger partial charge in [0.2, 0.25) is 0 Å². The summed E-state index contributed by atoms with van der Waals surface area (Å²) in [4.78, 5) is 23.5. The maximum absolute atomic E-state index is 12.5. The minimum absolute atomic E-state index is 0.00364. The number of benzene rings is 3. The monoisotopic (exact) mass is 508 g/mol. The van der Waals surface area contributed by atoms with Crippen molar-refractivity contribution in [2.24, 2.45) is 0 Å². The molecule has 1 amide bonds. The summed E-state index contributed by atoms with van der Waals surface area (Å²) >= 11 is 11.7. The van der Waals surface area contributed by atoms with Crippen molar-refractivity contribution < 1.29 is 27.5 Å². The number of carbonyl (C=O) groups is 2. The molecule has 0 aromatic heterocycles. The van der Waals surface area contributed by atoms with Gasteiger partial charge in [0.1, 0.15) is 5.75 Å². The summed E-state index contributed by atoms with van der Waals surface area (Å²) in [5.41, 5.74) is 1.10. The van der Waals surface area contributed by atoms with Crippen molar-refractivity contribution in [3.05, 3.63) is 82.3 Å². The molecule has 172 valence electrons. The number of amides is 1. The summed E-state index contributed by atoms with van der Waals surface area (Å²) in [6.45, 7) is -0.299. The van der Waals surface area contributed by atoms with Crippen LogP contribution in [0, 0.1) is 0 Å². The Morgan fingerprint density at radius 3 is 2.12 bits per heavy atom. The zero-order valence-electron chi connectivity index (χ0n) is 17.2. The van der Waals surface area contributed by atoms with Crippen molar-refractivity contribution >= 4 is 56.5 Å². The number of rotatable bonds is 8. The van der Waals surface area contributed by atoms with Gasteiger partial charge >= 0.3 is 5.97 Å². The van der Waals surface area contributed by atoms with Crippen LogP contribution >= 0.6 is 23.2 Å². The smallest absolute Gasteiger partial charge is 0.337 e. The average molecular weight is 509 g/mol. The van der Waals surface area contributed by atoms with Gasteiger partial charge in [0.25, 0.3) is 15.9 Å². The molecular formula is C22H18Cl2N2O6S. The lowest BCUT2D eigenvalue weighted by atomic mass is 10.2. The number of halogens is 2. The number of esters is 1. The van der Waals surface area contributed by atoms with Crippen molar-refractivity contribution in [1.82, 2.24) is 0 Å². The second kappa shape index (κ2) is 10.6. The zero-order chi connectivity index (χ0) is 24.0. The molecule has 0 atom stereocenters. The fourth-order valence-corrected chi connectivity index (χ4v) is 3.99. The molecule has 0 unspecified atom stereocenters. The Hall–Kier alpha value is -3.27. The van der Waals surface area contributed by atoms with Crippen LogP contribution in [0.1, 0.15) is 10.4 Å². The predicted molar refractivity (Wildman–Crippen MR) is 126 cm³/mol. The molecule has 8 nitrogen and oxygen atoms in total. The van der Waals surface area contributed by atoms with Crippen molar-refractivity contribution in [2.75, 3.05) is 23.8 Å². The first-order valence-electron chi connectivity index (χ1n) is 9.37. The molecule has 3 aromatic rings. The van der Waals surface area contributed by atoms with E-state index in [2.05, 4.69) is 14.8 Å². The van der Waals surface area contributed by atoms with E-state index in [0.29, 0.717) is 22.0 Å². The maximum Gasteiger partial charge on any atom is 0.337 e. The van der Waals surface area contributed by atoms with E-state index in [1.807, 2.05) is 0 Å². The minimum atomic E-state index is -3.86. The highest BCUT2D eigenvalue weighted by Gasteiger charge is 2.15. The molecule has 3 aromatic carbocycles. The van der Waals surface area contributed by atoms with Crippen LogP contribution in [0.4, 0.5) is 11.4 Å². The van der Waals surface area contributed by atoms with E-state index < -0.39 is 21.9 Å². The van der Waals surface area contributed by atoms with Gasteiger partial charge in [0.15, 0.2) is 6.61 Å². The average Bonchev–Trinajstić information content (AvgIpc) is 2.80. The van der Waals surface area contributed by atoms with E-state index in [1.54, 1.807) is 12.1 Å². The molecule has 33 heavy (non-hydrogen) atoms. The fraction of sp³-hybridized carbons (Fsp3) is 0.0909. The van der Waals surface area contributed by atoms with Gasteiger partial charge in [0, 0.05) is 5.69 Å². The Morgan fingerprint density at radius 2 is 1.52 bits per heavy atom. The zero-order valence-corrected chi connectivity index (χ0v) is 19.5. The van der Waals surface area contributed by atoms with Crippen molar-refractivity contribution in [1.29, 1.82) is 0 Å². The van der Waals surface area contributed by atoms with Gasteiger partial charge < -0.3 is 14.8 Å². The van der Waals surface area contributed by atoms with E-state index in [-0.39, 0.29) is 22.2 Å². The standard InChI is InChI=1S/C22H18Cl2N2O6S/c1-31-22(28)14-2-4-15(5-3-14)25-21(27)13-32-17-7-9-18(10-8-17)33(29,30)26-16-6-11-19(23)20(24)12-16/h2-12,26H,13H2,1H3,(H,25,27). The number of sulfonamides is 1. The molecule has 0 heterocycles. The number of nitrogens with one attached hydrogen (secondary N) is 2. The summed E-state index contributed by atoms with van der Waals surface area (Å²) in [6.07, 6.45) is 0. The number of hydrogen-bond acceptors (Lipinski definition) is 6. The lowest BCUT2D eigenvalue weighted by molar-refractivity contribution is -0.118. The second-order valence-electron chi connectivity index (χ2n) is 6.61. The molecule has 0 aliphatic heterocycles. The SMILES string of the molecule is COC(=O)c1ccc(NC(=O)COc2ccc(S(=O)(=O)Nc3ccc(Cl)c(Cl)c3)cc2)cc1. The third kappa shape index (κ3) is 6.61. The molecule has 0 saturated carbocycles. The number of ether oxygens (including phenoxy) is 2. The summed E-state index contributed by atoms with van der Waals surface area (Å²) in [6, 6.07) is 16.1. The van der Waals surface area contributed by atoms with Crippen molar-refractivity contribution in [2.45, 2.75) is 4.90 Å². The fourth-order valence-electron chi connectivity index (χ4n) is 2.64. The summed E-state index contributed by atoms with van der Waals surface area (Å²) in [5, 5.41) is 3.15. The summed E-state index contributed by atoms with van der Waals surface area (Å²) in [5.74, 6) is -0.604. The highest BCUT2D eigenvalue weighted by Crippen LogP contribution is 2.27. The van der Waals surface area contributed by atoms with Crippen LogP contribution in [-0.4, -0.2) is 34.0 Å². The Kier molecular flexibility index (Phi) is 7.80. The van der Waals surface area contributed by atoms with Crippen molar-refractivity contribution in [3.63, 3.8) is 0 Å². The lowest BCUT2D eigenvalue weighted by Crippen LogP contribution is -2.20. The van der Waals surface area contributed by atoms with Gasteiger partial charge in [-0.2, -0.15) is 0 Å². The Balaban J connectivity index is 1.56. The lowest BCUT2D eigenvalue weighted by Gasteiger charge is -2.11. The molecule has 0 fully saturated rings. The topological polar surface area (TPSA) is 111 Å². The van der Waals surface area contributed by atoms with Gasteiger partial charge in [-0.15, -0.1) is 0 Å². The molecule has 0 saturated heterocycles. The maximum atomic E-state index is 12.5. The van der Waals surface area contributed by atoms with Gasteiger partial charge in [-0.1, -0.05) is 23.2 Å². The highest BCUT2D eigenvalue weighted by molar-refractivity contribution is 7.92. The van der Waals surface area contributed by atoms with Gasteiger partial charge in [-0.05, 0) is 66.7 Å². The largest absolute Gasteiger partial charge is 0.484 e. The van der Waals surface area contributed by atoms with E-state index in [9.17, 15) is 18.0 Å².